The van der Waals surface area contributed by atoms with Gasteiger partial charge in [-0.2, -0.15) is 0 Å². The topological polar surface area (TPSA) is 197 Å². The number of ether oxygens (including phenoxy) is 2. The van der Waals surface area contributed by atoms with Crippen molar-refractivity contribution in [3.63, 3.8) is 0 Å². The standard InChI is InChI=1S/C36H58O11/c1-31(2)11-13-36(30(45)47-29-26(42)25(41)24(40)20(16-37)46-29)14-12-34(5)18(23(36)28(31)44)7-8-22-32(3)15-19(39)27(43)33(4,17-38)21(32)9-10-35(22,34)6/h7,19-29,37-44H,8-17H2,1-6H3/t19-,20-,21-,22-,23-,24+,25+,26-,27-,28+,29+,32+,33+,34-,35-,36+/m1/s1. The van der Waals surface area contributed by atoms with Gasteiger partial charge in [-0.25, -0.2) is 0 Å². The first-order chi connectivity index (χ1) is 21.8. The first kappa shape index (κ1) is 35.7. The summed E-state index contributed by atoms with van der Waals surface area (Å²) in [4.78, 5) is 14.4. The van der Waals surface area contributed by atoms with E-state index in [1.807, 2.05) is 20.8 Å². The van der Waals surface area contributed by atoms with E-state index in [-0.39, 0.29) is 29.3 Å². The number of allylic oxidation sites excluding steroid dienone is 1. The van der Waals surface area contributed by atoms with Crippen LogP contribution in [0.2, 0.25) is 0 Å². The average molecular weight is 667 g/mol. The molecule has 47 heavy (non-hydrogen) atoms. The minimum Gasteiger partial charge on any atom is -0.432 e. The molecule has 268 valence electrons. The van der Waals surface area contributed by atoms with E-state index in [9.17, 15) is 45.6 Å². The number of hydrogen-bond donors (Lipinski definition) is 8. The molecule has 0 aromatic rings. The lowest BCUT2D eigenvalue weighted by Gasteiger charge is -2.71. The summed E-state index contributed by atoms with van der Waals surface area (Å²) in [5, 5.41) is 85.9. The number of esters is 1. The van der Waals surface area contributed by atoms with Gasteiger partial charge in [0.15, 0.2) is 0 Å². The van der Waals surface area contributed by atoms with Crippen molar-refractivity contribution in [3.05, 3.63) is 11.6 Å². The maximum absolute atomic E-state index is 14.4. The van der Waals surface area contributed by atoms with Gasteiger partial charge in [0.05, 0.1) is 36.9 Å². The number of aliphatic hydroxyl groups excluding tert-OH is 8. The van der Waals surface area contributed by atoms with Crippen molar-refractivity contribution in [1.82, 2.24) is 0 Å². The largest absolute Gasteiger partial charge is 0.432 e. The number of carbonyl (C=O) groups is 1. The van der Waals surface area contributed by atoms with Gasteiger partial charge in [0, 0.05) is 11.3 Å². The summed E-state index contributed by atoms with van der Waals surface area (Å²) < 4.78 is 11.4. The average Bonchev–Trinajstić information content (AvgIpc) is 3.02. The third kappa shape index (κ3) is 4.67. The van der Waals surface area contributed by atoms with E-state index in [0.717, 1.165) is 18.4 Å². The zero-order chi connectivity index (χ0) is 34.7. The summed E-state index contributed by atoms with van der Waals surface area (Å²) in [6.45, 7) is 11.9. The zero-order valence-corrected chi connectivity index (χ0v) is 28.8. The van der Waals surface area contributed by atoms with Crippen LogP contribution < -0.4 is 0 Å². The Morgan fingerprint density at radius 2 is 1.51 bits per heavy atom. The van der Waals surface area contributed by atoms with E-state index >= 15 is 0 Å². The highest BCUT2D eigenvalue weighted by Crippen LogP contribution is 2.75. The van der Waals surface area contributed by atoms with Crippen molar-refractivity contribution in [2.24, 2.45) is 50.2 Å². The van der Waals surface area contributed by atoms with Crippen LogP contribution in [0.1, 0.15) is 92.9 Å². The summed E-state index contributed by atoms with van der Waals surface area (Å²) in [5.41, 5.74) is -2.46. The molecule has 4 saturated carbocycles. The summed E-state index contributed by atoms with van der Waals surface area (Å²) >= 11 is 0. The monoisotopic (exact) mass is 666 g/mol. The molecule has 5 fully saturated rings. The van der Waals surface area contributed by atoms with Gasteiger partial charge in [-0.15, -0.1) is 0 Å². The molecule has 8 N–H and O–H groups in total. The molecule has 0 unspecified atom stereocenters. The van der Waals surface area contributed by atoms with Crippen LogP contribution in [0.15, 0.2) is 11.6 Å². The third-order valence-electron chi connectivity index (χ3n) is 15.4. The van der Waals surface area contributed by atoms with Crippen LogP contribution in [-0.4, -0.2) is 109 Å². The van der Waals surface area contributed by atoms with Gasteiger partial charge in [0.2, 0.25) is 6.29 Å². The van der Waals surface area contributed by atoms with Gasteiger partial charge in [-0.3, -0.25) is 4.79 Å². The summed E-state index contributed by atoms with van der Waals surface area (Å²) in [7, 11) is 0. The molecule has 0 amide bonds. The second-order valence-corrected chi connectivity index (χ2v) is 17.8. The number of fused-ring (bicyclic) bond motifs is 7. The first-order valence-electron chi connectivity index (χ1n) is 17.7. The lowest BCUT2D eigenvalue weighted by molar-refractivity contribution is -0.298. The van der Waals surface area contributed by atoms with E-state index in [0.29, 0.717) is 38.5 Å². The molecule has 16 atom stereocenters. The van der Waals surface area contributed by atoms with Gasteiger partial charge >= 0.3 is 5.97 Å². The molecule has 5 aliphatic carbocycles. The third-order valence-corrected chi connectivity index (χ3v) is 15.4. The second kappa shape index (κ2) is 11.4. The molecule has 6 aliphatic rings. The second-order valence-electron chi connectivity index (χ2n) is 17.8. The minimum absolute atomic E-state index is 0.00502. The molecule has 11 nitrogen and oxygen atoms in total. The molecule has 6 rings (SSSR count). The van der Waals surface area contributed by atoms with E-state index in [1.165, 1.54) is 0 Å². The van der Waals surface area contributed by atoms with Crippen molar-refractivity contribution in [3.8, 4) is 0 Å². The Morgan fingerprint density at radius 3 is 2.15 bits per heavy atom. The maximum atomic E-state index is 14.4. The molecule has 0 aromatic heterocycles. The van der Waals surface area contributed by atoms with Crippen LogP contribution in [0.25, 0.3) is 0 Å². The van der Waals surface area contributed by atoms with Crippen LogP contribution in [0.5, 0.6) is 0 Å². The zero-order valence-electron chi connectivity index (χ0n) is 28.8. The van der Waals surface area contributed by atoms with Crippen LogP contribution >= 0.6 is 0 Å². The van der Waals surface area contributed by atoms with Crippen molar-refractivity contribution in [1.29, 1.82) is 0 Å². The molecule has 0 bridgehead atoms. The smallest absolute Gasteiger partial charge is 0.315 e. The molecular weight excluding hydrogens is 608 g/mol. The fourth-order valence-electron chi connectivity index (χ4n) is 12.1. The van der Waals surface area contributed by atoms with E-state index in [1.54, 1.807) is 0 Å². The lowest BCUT2D eigenvalue weighted by atomic mass is 9.33. The molecular formula is C36H58O11. The lowest BCUT2D eigenvalue weighted by Crippen LogP contribution is -2.69. The van der Waals surface area contributed by atoms with Crippen molar-refractivity contribution < 1.29 is 55.1 Å². The fourth-order valence-corrected chi connectivity index (χ4v) is 12.1. The van der Waals surface area contributed by atoms with Gasteiger partial charge < -0.3 is 50.3 Å². The molecule has 0 spiro atoms. The Hall–Kier alpha value is -1.15. The molecule has 1 saturated heterocycles. The highest BCUT2D eigenvalue weighted by molar-refractivity contribution is 5.79. The van der Waals surface area contributed by atoms with E-state index in [2.05, 4.69) is 26.8 Å². The number of carbonyl (C=O) groups excluding carboxylic acids is 1. The Balaban J connectivity index is 1.39. The number of rotatable bonds is 4. The van der Waals surface area contributed by atoms with Gasteiger partial charge in [-0.05, 0) is 84.9 Å². The molecule has 0 radical (unpaired) electrons. The Morgan fingerprint density at radius 1 is 0.851 bits per heavy atom. The first-order valence-corrected chi connectivity index (χ1v) is 17.7. The fraction of sp³-hybridized carbons (Fsp3) is 0.917. The molecule has 1 aliphatic heterocycles. The SMILES string of the molecule is CC1(C)CC[C@]2(C(=O)O[C@@H]3O[C@H](CO)[C@H](O)[C@H](O)[C@H]3O)CC[C@]3(C)C(=CC[C@@H]4[C@@]5(C)C[C@@H](O)[C@@H](O)[C@@](C)(CO)[C@@H]5CC[C@]43C)[C@@H]2[C@@H]1O. The minimum atomic E-state index is -1.72. The van der Waals surface area contributed by atoms with Crippen molar-refractivity contribution in [2.45, 2.75) is 142 Å². The number of aliphatic hydroxyl groups is 8. The summed E-state index contributed by atoms with van der Waals surface area (Å²) in [6, 6.07) is 0. The summed E-state index contributed by atoms with van der Waals surface area (Å²) in [6.07, 6.45) is -3.62. The van der Waals surface area contributed by atoms with Crippen molar-refractivity contribution in [2.75, 3.05) is 13.2 Å². The molecule has 11 heteroatoms. The highest BCUT2D eigenvalue weighted by Gasteiger charge is 2.72. The normalized spacial score (nSPS) is 55.4. The van der Waals surface area contributed by atoms with Gasteiger partial charge in [0.1, 0.15) is 24.4 Å². The van der Waals surface area contributed by atoms with E-state index in [4.69, 9.17) is 9.47 Å². The van der Waals surface area contributed by atoms with Gasteiger partial charge in [0.25, 0.3) is 0 Å². The molecule has 0 aromatic carbocycles. The van der Waals surface area contributed by atoms with Gasteiger partial charge in [-0.1, -0.05) is 53.2 Å². The molecule has 1 heterocycles. The maximum Gasteiger partial charge on any atom is 0.315 e. The van der Waals surface area contributed by atoms with Crippen molar-refractivity contribution >= 4 is 5.97 Å². The van der Waals surface area contributed by atoms with Crippen LogP contribution in [-0.2, 0) is 14.3 Å². The predicted octanol–water partition coefficient (Wildman–Crippen LogP) is 1.41. The Labute approximate surface area is 278 Å². The van der Waals surface area contributed by atoms with Crippen LogP contribution in [0.4, 0.5) is 0 Å². The van der Waals surface area contributed by atoms with Crippen LogP contribution in [0, 0.1) is 50.2 Å². The van der Waals surface area contributed by atoms with Crippen LogP contribution in [0.3, 0.4) is 0 Å². The van der Waals surface area contributed by atoms with E-state index < -0.39 is 89.2 Å². The predicted molar refractivity (Wildman–Crippen MR) is 169 cm³/mol. The Kier molecular flexibility index (Phi) is 8.68. The Bertz CT molecular complexity index is 1270. The highest BCUT2D eigenvalue weighted by atomic mass is 16.7. The quantitative estimate of drug-likeness (QED) is 0.160. The number of hydrogen-bond acceptors (Lipinski definition) is 11. The summed E-state index contributed by atoms with van der Waals surface area (Å²) in [5.74, 6) is -1.08.